The van der Waals surface area contributed by atoms with Crippen molar-refractivity contribution in [2.75, 3.05) is 0 Å². The van der Waals surface area contributed by atoms with Crippen molar-refractivity contribution in [3.63, 3.8) is 0 Å². The molecule has 1 aromatic carbocycles. The second-order valence-corrected chi connectivity index (χ2v) is 7.57. The lowest BCUT2D eigenvalue weighted by atomic mass is 9.58. The molecule has 0 radical (unpaired) electrons. The van der Waals surface area contributed by atoms with Gasteiger partial charge < -0.3 is 10.2 Å². The van der Waals surface area contributed by atoms with Gasteiger partial charge in [0.1, 0.15) is 11.3 Å². The topological polar surface area (TPSA) is 57.5 Å². The summed E-state index contributed by atoms with van der Waals surface area (Å²) in [5.74, 6) is -0.413. The van der Waals surface area contributed by atoms with Crippen LogP contribution in [-0.2, 0) is 5.41 Å². The number of benzene rings is 1. The smallest absolute Gasteiger partial charge is 0.339 e. The van der Waals surface area contributed by atoms with E-state index < -0.39 is 5.97 Å². The standard InChI is InChI=1S/C20H28O3/c1-14-12-16(19(22)23)18(21)17(13-14)20(10-6-3-7-11-20)15-8-4-2-5-9-15/h12-13,15,21H,2-11H2,1H3,(H,22,23). The predicted molar refractivity (Wildman–Crippen MR) is 91.1 cm³/mol. The Kier molecular flexibility index (Phi) is 4.65. The van der Waals surface area contributed by atoms with E-state index in [0.717, 1.165) is 24.0 Å². The molecule has 0 amide bonds. The van der Waals surface area contributed by atoms with Gasteiger partial charge in [0.25, 0.3) is 0 Å². The number of carboxylic acids is 1. The van der Waals surface area contributed by atoms with Crippen molar-refractivity contribution in [1.29, 1.82) is 0 Å². The number of hydrogen-bond acceptors (Lipinski definition) is 2. The maximum Gasteiger partial charge on any atom is 0.339 e. The summed E-state index contributed by atoms with van der Waals surface area (Å²) in [7, 11) is 0. The number of rotatable bonds is 3. The van der Waals surface area contributed by atoms with E-state index in [0.29, 0.717) is 5.92 Å². The number of aromatic hydroxyl groups is 1. The highest BCUT2D eigenvalue weighted by Gasteiger charge is 2.43. The zero-order chi connectivity index (χ0) is 16.4. The van der Waals surface area contributed by atoms with Crippen LogP contribution in [0.1, 0.15) is 85.7 Å². The normalized spacial score (nSPS) is 22.0. The zero-order valence-corrected chi connectivity index (χ0v) is 14.1. The fourth-order valence-electron chi connectivity index (χ4n) is 5.06. The van der Waals surface area contributed by atoms with E-state index in [9.17, 15) is 15.0 Å². The van der Waals surface area contributed by atoms with Gasteiger partial charge >= 0.3 is 5.97 Å². The van der Waals surface area contributed by atoms with Crippen molar-refractivity contribution in [3.05, 3.63) is 28.8 Å². The van der Waals surface area contributed by atoms with Crippen molar-refractivity contribution in [2.24, 2.45) is 5.92 Å². The van der Waals surface area contributed by atoms with Crippen LogP contribution in [0.3, 0.4) is 0 Å². The van der Waals surface area contributed by atoms with Crippen molar-refractivity contribution < 1.29 is 15.0 Å². The molecule has 0 bridgehead atoms. The van der Waals surface area contributed by atoms with Gasteiger partial charge in [-0.3, -0.25) is 0 Å². The highest BCUT2D eigenvalue weighted by molar-refractivity contribution is 5.91. The first-order valence-electron chi connectivity index (χ1n) is 9.12. The van der Waals surface area contributed by atoms with E-state index >= 15 is 0 Å². The number of phenols is 1. The molecular weight excluding hydrogens is 288 g/mol. The first kappa shape index (κ1) is 16.4. The molecule has 126 valence electrons. The quantitative estimate of drug-likeness (QED) is 0.807. The third kappa shape index (κ3) is 2.98. The summed E-state index contributed by atoms with van der Waals surface area (Å²) >= 11 is 0. The van der Waals surface area contributed by atoms with Crippen LogP contribution < -0.4 is 0 Å². The molecule has 0 aromatic heterocycles. The van der Waals surface area contributed by atoms with Crippen LogP contribution in [0.5, 0.6) is 5.75 Å². The van der Waals surface area contributed by atoms with E-state index in [4.69, 9.17) is 0 Å². The summed E-state index contributed by atoms with van der Waals surface area (Å²) in [4.78, 5) is 11.5. The number of hydrogen-bond donors (Lipinski definition) is 2. The van der Waals surface area contributed by atoms with Crippen LogP contribution in [0.4, 0.5) is 0 Å². The maximum absolute atomic E-state index is 11.5. The van der Waals surface area contributed by atoms with E-state index in [1.807, 2.05) is 6.92 Å². The first-order valence-corrected chi connectivity index (χ1v) is 9.12. The minimum absolute atomic E-state index is 0.0149. The van der Waals surface area contributed by atoms with Gasteiger partial charge in [0.05, 0.1) is 0 Å². The largest absolute Gasteiger partial charge is 0.507 e. The lowest BCUT2D eigenvalue weighted by Crippen LogP contribution is -2.39. The minimum Gasteiger partial charge on any atom is -0.507 e. The van der Waals surface area contributed by atoms with E-state index in [-0.39, 0.29) is 16.7 Å². The van der Waals surface area contributed by atoms with Crippen LogP contribution in [0.15, 0.2) is 12.1 Å². The maximum atomic E-state index is 11.5. The van der Waals surface area contributed by atoms with Crippen LogP contribution in [0.2, 0.25) is 0 Å². The second kappa shape index (κ2) is 6.54. The van der Waals surface area contributed by atoms with Crippen LogP contribution >= 0.6 is 0 Å². The van der Waals surface area contributed by atoms with Crippen LogP contribution in [0, 0.1) is 12.8 Å². The second-order valence-electron chi connectivity index (χ2n) is 7.57. The molecule has 3 rings (SSSR count). The molecule has 0 atom stereocenters. The summed E-state index contributed by atoms with van der Waals surface area (Å²) < 4.78 is 0. The molecular formula is C20H28O3. The molecule has 3 heteroatoms. The third-order valence-electron chi connectivity index (χ3n) is 6.15. The van der Waals surface area contributed by atoms with Crippen LogP contribution in [0.25, 0.3) is 0 Å². The lowest BCUT2D eigenvalue weighted by Gasteiger charge is -2.46. The molecule has 2 fully saturated rings. The number of aromatic carboxylic acids is 1. The average molecular weight is 316 g/mol. The van der Waals surface area contributed by atoms with Gasteiger partial charge in [-0.25, -0.2) is 4.79 Å². The Morgan fingerprint density at radius 2 is 1.65 bits per heavy atom. The third-order valence-corrected chi connectivity index (χ3v) is 6.15. The molecule has 3 nitrogen and oxygen atoms in total. The Balaban J connectivity index is 2.11. The molecule has 2 aliphatic carbocycles. The van der Waals surface area contributed by atoms with Gasteiger partial charge in [-0.1, -0.05) is 44.6 Å². The lowest BCUT2D eigenvalue weighted by molar-refractivity contribution is 0.0692. The molecule has 0 spiro atoms. The first-order chi connectivity index (χ1) is 11.0. The molecule has 2 saturated carbocycles. The number of carbonyl (C=O) groups is 1. The zero-order valence-electron chi connectivity index (χ0n) is 14.1. The summed E-state index contributed by atoms with van der Waals surface area (Å²) in [5, 5.41) is 20.2. The minimum atomic E-state index is -1.03. The highest BCUT2D eigenvalue weighted by atomic mass is 16.4. The fourth-order valence-corrected chi connectivity index (χ4v) is 5.06. The molecule has 2 aliphatic rings. The van der Waals surface area contributed by atoms with Crippen molar-refractivity contribution in [1.82, 2.24) is 0 Å². The monoisotopic (exact) mass is 316 g/mol. The van der Waals surface area contributed by atoms with Gasteiger partial charge in [-0.2, -0.15) is 0 Å². The fraction of sp³-hybridized carbons (Fsp3) is 0.650. The van der Waals surface area contributed by atoms with Gasteiger partial charge in [0.2, 0.25) is 0 Å². The summed E-state index contributed by atoms with van der Waals surface area (Å²) in [6.45, 7) is 1.94. The summed E-state index contributed by atoms with van der Waals surface area (Å²) in [6, 6.07) is 3.65. The molecule has 2 N–H and O–H groups in total. The average Bonchev–Trinajstić information content (AvgIpc) is 2.58. The molecule has 0 aliphatic heterocycles. The van der Waals surface area contributed by atoms with Gasteiger partial charge in [0.15, 0.2) is 0 Å². The number of carboxylic acid groups (broad SMARTS) is 1. The predicted octanol–water partition coefficient (Wildman–Crippen LogP) is 5.18. The highest BCUT2D eigenvalue weighted by Crippen LogP contribution is 2.53. The van der Waals surface area contributed by atoms with Crippen molar-refractivity contribution in [2.45, 2.75) is 76.5 Å². The summed E-state index contributed by atoms with van der Waals surface area (Å²) in [6.07, 6.45) is 12.1. The van der Waals surface area contributed by atoms with E-state index in [1.54, 1.807) is 6.07 Å². The van der Waals surface area contributed by atoms with Gasteiger partial charge in [0, 0.05) is 11.0 Å². The molecule has 23 heavy (non-hydrogen) atoms. The van der Waals surface area contributed by atoms with E-state index in [2.05, 4.69) is 6.07 Å². The SMILES string of the molecule is Cc1cc(C(=O)O)c(O)c(C2(C3CCCCC3)CCCCC2)c1. The Bertz CT molecular complexity index is 579. The van der Waals surface area contributed by atoms with Gasteiger partial charge in [-0.05, 0) is 50.2 Å². The Labute approximate surface area is 138 Å². The van der Waals surface area contributed by atoms with Crippen molar-refractivity contribution in [3.8, 4) is 5.75 Å². The Morgan fingerprint density at radius 1 is 1.04 bits per heavy atom. The van der Waals surface area contributed by atoms with Gasteiger partial charge in [-0.15, -0.1) is 0 Å². The molecule has 0 unspecified atom stereocenters. The molecule has 0 saturated heterocycles. The van der Waals surface area contributed by atoms with E-state index in [1.165, 1.54) is 51.4 Å². The Morgan fingerprint density at radius 3 is 2.26 bits per heavy atom. The summed E-state index contributed by atoms with van der Waals surface area (Å²) in [5.41, 5.74) is 1.91. The molecule has 1 aromatic rings. The van der Waals surface area contributed by atoms with Crippen molar-refractivity contribution >= 4 is 5.97 Å². The Hall–Kier alpha value is -1.51. The number of aryl methyl sites for hydroxylation is 1. The van der Waals surface area contributed by atoms with Crippen LogP contribution in [-0.4, -0.2) is 16.2 Å². The molecule has 0 heterocycles.